The molecule has 0 spiro atoms. The first-order valence-electron chi connectivity index (χ1n) is 10.6. The summed E-state index contributed by atoms with van der Waals surface area (Å²) in [7, 11) is 0. The van der Waals surface area contributed by atoms with E-state index in [0.717, 1.165) is 82.3 Å². The molecule has 5 aromatic carbocycles. The third-order valence-electron chi connectivity index (χ3n) is 7.34. The van der Waals surface area contributed by atoms with Gasteiger partial charge in [-0.15, -0.1) is 0 Å². The number of phenolic OH excluding ortho intramolecular Hbond substituents is 4. The van der Waals surface area contributed by atoms with Gasteiger partial charge in [-0.25, -0.2) is 0 Å². The predicted molar refractivity (Wildman–Crippen MR) is 118 cm³/mol. The summed E-state index contributed by atoms with van der Waals surface area (Å²) in [6, 6.07) is 7.28. The summed E-state index contributed by atoms with van der Waals surface area (Å²) in [5.41, 5.74) is 4.23. The van der Waals surface area contributed by atoms with Crippen LogP contribution in [0, 0.1) is 0 Å². The molecule has 2 aliphatic rings. The molecule has 0 bridgehead atoms. The zero-order chi connectivity index (χ0) is 20.3. The van der Waals surface area contributed by atoms with Crippen LogP contribution in [0.1, 0.15) is 35.1 Å². The van der Waals surface area contributed by atoms with E-state index < -0.39 is 0 Å². The molecule has 4 heteroatoms. The number of benzene rings is 5. The van der Waals surface area contributed by atoms with Gasteiger partial charge in [0.2, 0.25) is 0 Å². The van der Waals surface area contributed by atoms with Crippen molar-refractivity contribution in [1.82, 2.24) is 0 Å². The average Bonchev–Trinajstić information content (AvgIpc) is 2.71. The standard InChI is InChI=1S/C26H20O4/c27-15-7-11-3-1-4-12-8-16(28)22-24-18(30)10-14-6-2-5-13-9-17(29)23(26(24)20(13)14)21(15)25(22)19(11)12/h7-10,27-30H,1-6H2. The minimum absolute atomic E-state index is 0.120. The van der Waals surface area contributed by atoms with Crippen LogP contribution in [0.25, 0.3) is 43.1 Å². The summed E-state index contributed by atoms with van der Waals surface area (Å²) < 4.78 is 0. The molecule has 0 saturated carbocycles. The molecule has 0 atom stereocenters. The molecule has 4 N–H and O–H groups in total. The minimum atomic E-state index is 0.120. The Balaban J connectivity index is 1.93. The van der Waals surface area contributed by atoms with Crippen molar-refractivity contribution < 1.29 is 20.4 Å². The third kappa shape index (κ3) is 1.75. The molecule has 0 aliphatic heterocycles. The maximum atomic E-state index is 11.1. The largest absolute Gasteiger partial charge is 0.507 e. The van der Waals surface area contributed by atoms with Gasteiger partial charge in [0.05, 0.1) is 0 Å². The van der Waals surface area contributed by atoms with Crippen molar-refractivity contribution in [3.63, 3.8) is 0 Å². The van der Waals surface area contributed by atoms with Gasteiger partial charge in [0.25, 0.3) is 0 Å². The van der Waals surface area contributed by atoms with Crippen molar-refractivity contribution in [3.8, 4) is 23.0 Å². The molecule has 0 saturated heterocycles. The van der Waals surface area contributed by atoms with E-state index in [2.05, 4.69) is 0 Å². The van der Waals surface area contributed by atoms with Crippen LogP contribution in [0.4, 0.5) is 0 Å². The zero-order valence-electron chi connectivity index (χ0n) is 16.3. The fourth-order valence-corrected chi connectivity index (χ4v) is 6.29. The lowest BCUT2D eigenvalue weighted by Crippen LogP contribution is -2.05. The fraction of sp³-hybridized carbons (Fsp3) is 0.231. The van der Waals surface area contributed by atoms with Crippen molar-refractivity contribution in [2.45, 2.75) is 38.5 Å². The highest BCUT2D eigenvalue weighted by molar-refractivity contribution is 6.38. The SMILES string of the molecule is Oc1cc2c3c(cc(O)c4c5c(O)cc6c7c(cc(O)c(c1c34)c75)CCC6)CCC2. The van der Waals surface area contributed by atoms with Gasteiger partial charge in [-0.05, 0) is 95.8 Å². The van der Waals surface area contributed by atoms with Crippen molar-refractivity contribution in [3.05, 3.63) is 46.5 Å². The lowest BCUT2D eigenvalue weighted by molar-refractivity contribution is 0.473. The maximum absolute atomic E-state index is 11.1. The van der Waals surface area contributed by atoms with Gasteiger partial charge < -0.3 is 20.4 Å². The van der Waals surface area contributed by atoms with E-state index in [9.17, 15) is 20.4 Å². The van der Waals surface area contributed by atoms with Crippen molar-refractivity contribution in [1.29, 1.82) is 0 Å². The highest BCUT2D eigenvalue weighted by Gasteiger charge is 2.29. The van der Waals surface area contributed by atoms with E-state index in [-0.39, 0.29) is 23.0 Å². The summed E-state index contributed by atoms with van der Waals surface area (Å²) in [6.07, 6.45) is 5.38. The quantitative estimate of drug-likeness (QED) is 0.205. The molecule has 0 fully saturated rings. The normalized spacial score (nSPS) is 15.7. The molecule has 0 aromatic heterocycles. The molecule has 4 nitrogen and oxygen atoms in total. The number of fused-ring (bicyclic) bond motifs is 2. The number of aromatic hydroxyl groups is 4. The van der Waals surface area contributed by atoms with E-state index in [0.29, 0.717) is 21.5 Å². The molecule has 2 aliphatic carbocycles. The van der Waals surface area contributed by atoms with Gasteiger partial charge in [-0.3, -0.25) is 0 Å². The lowest BCUT2D eigenvalue weighted by atomic mass is 9.78. The zero-order valence-corrected chi connectivity index (χ0v) is 16.3. The van der Waals surface area contributed by atoms with Crippen molar-refractivity contribution in [2.75, 3.05) is 0 Å². The van der Waals surface area contributed by atoms with Crippen LogP contribution >= 0.6 is 0 Å². The summed E-state index contributed by atoms with van der Waals surface area (Å²) in [6.45, 7) is 0. The van der Waals surface area contributed by atoms with Gasteiger partial charge in [0.15, 0.2) is 0 Å². The van der Waals surface area contributed by atoms with E-state index >= 15 is 0 Å². The van der Waals surface area contributed by atoms with Crippen molar-refractivity contribution >= 4 is 43.1 Å². The maximum Gasteiger partial charge on any atom is 0.124 e. The van der Waals surface area contributed by atoms with Crippen LogP contribution < -0.4 is 0 Å². The second-order valence-corrected chi connectivity index (χ2v) is 8.93. The topological polar surface area (TPSA) is 80.9 Å². The molecular formula is C26H20O4. The number of aryl methyl sites for hydroxylation is 4. The molecule has 0 heterocycles. The fourth-order valence-electron chi connectivity index (χ4n) is 6.29. The molecule has 7 rings (SSSR count). The van der Waals surface area contributed by atoms with Gasteiger partial charge in [-0.1, -0.05) is 0 Å². The van der Waals surface area contributed by atoms with Crippen LogP contribution in [-0.2, 0) is 25.7 Å². The Kier molecular flexibility index (Phi) is 2.84. The Hall–Kier alpha value is -3.40. The minimum Gasteiger partial charge on any atom is -0.507 e. The van der Waals surface area contributed by atoms with Crippen LogP contribution in [0.2, 0.25) is 0 Å². The monoisotopic (exact) mass is 396 g/mol. The highest BCUT2D eigenvalue weighted by Crippen LogP contribution is 2.55. The van der Waals surface area contributed by atoms with E-state index in [1.165, 1.54) is 0 Å². The molecule has 30 heavy (non-hydrogen) atoms. The smallest absolute Gasteiger partial charge is 0.124 e. The van der Waals surface area contributed by atoms with Gasteiger partial charge in [0.1, 0.15) is 23.0 Å². The number of hydrogen-bond acceptors (Lipinski definition) is 4. The van der Waals surface area contributed by atoms with E-state index in [4.69, 9.17) is 0 Å². The second kappa shape index (κ2) is 5.20. The molecule has 0 unspecified atom stereocenters. The number of phenols is 4. The molecule has 148 valence electrons. The molecule has 0 radical (unpaired) electrons. The second-order valence-electron chi connectivity index (χ2n) is 8.93. The van der Waals surface area contributed by atoms with Crippen LogP contribution in [0.5, 0.6) is 23.0 Å². The third-order valence-corrected chi connectivity index (χ3v) is 7.34. The van der Waals surface area contributed by atoms with E-state index in [1.54, 1.807) is 0 Å². The van der Waals surface area contributed by atoms with Crippen LogP contribution in [-0.4, -0.2) is 20.4 Å². The Bertz CT molecular complexity index is 1350. The Labute approximate surface area is 171 Å². The first-order chi connectivity index (χ1) is 14.5. The first kappa shape index (κ1) is 16.4. The Morgan fingerprint density at radius 2 is 0.633 bits per heavy atom. The molecule has 5 aromatic rings. The lowest BCUT2D eigenvalue weighted by Gasteiger charge is -2.26. The summed E-state index contributed by atoms with van der Waals surface area (Å²) >= 11 is 0. The van der Waals surface area contributed by atoms with Gasteiger partial charge in [0, 0.05) is 32.3 Å². The van der Waals surface area contributed by atoms with Crippen LogP contribution in [0.3, 0.4) is 0 Å². The number of hydrogen-bond donors (Lipinski definition) is 4. The molecular weight excluding hydrogens is 376 g/mol. The Morgan fingerprint density at radius 3 is 0.900 bits per heavy atom. The van der Waals surface area contributed by atoms with Gasteiger partial charge >= 0.3 is 0 Å². The van der Waals surface area contributed by atoms with Crippen molar-refractivity contribution in [2.24, 2.45) is 0 Å². The first-order valence-corrected chi connectivity index (χ1v) is 10.6. The summed E-state index contributed by atoms with van der Waals surface area (Å²) in [5.74, 6) is 0.478. The van der Waals surface area contributed by atoms with Crippen LogP contribution in [0.15, 0.2) is 24.3 Å². The number of rotatable bonds is 0. The highest BCUT2D eigenvalue weighted by atomic mass is 16.3. The average molecular weight is 396 g/mol. The van der Waals surface area contributed by atoms with E-state index in [1.807, 2.05) is 24.3 Å². The predicted octanol–water partition coefficient (Wildman–Crippen LogP) is 5.54. The summed E-state index contributed by atoms with van der Waals surface area (Å²) in [5, 5.41) is 50.3. The van der Waals surface area contributed by atoms with Gasteiger partial charge in [-0.2, -0.15) is 0 Å². The molecule has 0 amide bonds. The summed E-state index contributed by atoms with van der Waals surface area (Å²) in [4.78, 5) is 0. The Morgan fingerprint density at radius 1 is 0.367 bits per heavy atom.